The average molecular weight is 415 g/mol. The van der Waals surface area contributed by atoms with Crippen molar-refractivity contribution < 1.29 is 14.3 Å². The fourth-order valence-corrected chi connectivity index (χ4v) is 3.55. The molecule has 4 rings (SSSR count). The van der Waals surface area contributed by atoms with Gasteiger partial charge in [-0.1, -0.05) is 31.2 Å². The van der Waals surface area contributed by atoms with E-state index in [0.717, 1.165) is 28.9 Å². The molecule has 31 heavy (non-hydrogen) atoms. The Balaban J connectivity index is 1.48. The molecular weight excluding hydrogens is 390 g/mol. The van der Waals surface area contributed by atoms with Crippen LogP contribution >= 0.6 is 0 Å². The maximum Gasteiger partial charge on any atom is 0.255 e. The predicted molar refractivity (Wildman–Crippen MR) is 123 cm³/mol. The lowest BCUT2D eigenvalue weighted by Crippen LogP contribution is -2.13. The summed E-state index contributed by atoms with van der Waals surface area (Å²) >= 11 is 0. The third-order valence-corrected chi connectivity index (χ3v) is 5.33. The molecule has 0 aromatic heterocycles. The van der Waals surface area contributed by atoms with Crippen LogP contribution in [0.25, 0.3) is 0 Å². The summed E-state index contributed by atoms with van der Waals surface area (Å²) in [5.74, 6) is 1.29. The van der Waals surface area contributed by atoms with E-state index >= 15 is 0 Å². The number of anilines is 2. The summed E-state index contributed by atoms with van der Waals surface area (Å²) in [6.07, 6.45) is 0.867. The zero-order valence-electron chi connectivity index (χ0n) is 17.6. The van der Waals surface area contributed by atoms with E-state index in [-0.39, 0.29) is 11.9 Å². The number of hydrogen-bond acceptors (Lipinski definition) is 5. The number of benzene rings is 3. The molecule has 0 spiro atoms. The van der Waals surface area contributed by atoms with Crippen LogP contribution in [0.1, 0.15) is 40.0 Å². The largest absolute Gasteiger partial charge is 0.496 e. The van der Waals surface area contributed by atoms with Gasteiger partial charge in [0, 0.05) is 11.1 Å². The number of methoxy groups -OCH3 is 1. The maximum absolute atomic E-state index is 12.5. The van der Waals surface area contributed by atoms with Crippen LogP contribution in [0.15, 0.2) is 71.7 Å². The third-order valence-electron chi connectivity index (χ3n) is 5.33. The number of nitrogens with two attached hydrogens (primary N) is 1. The van der Waals surface area contributed by atoms with E-state index in [1.54, 1.807) is 31.4 Å². The number of aryl methyl sites for hydroxylation is 1. The lowest BCUT2D eigenvalue weighted by Gasteiger charge is -2.09. The minimum absolute atomic E-state index is 0.107. The fraction of sp³-hybridized carbons (Fsp3) is 0.200. The Morgan fingerprint density at radius 1 is 1.16 bits per heavy atom. The molecule has 3 N–H and O–H groups in total. The van der Waals surface area contributed by atoms with Crippen molar-refractivity contribution in [3.05, 3.63) is 89.0 Å². The molecule has 3 aromatic carbocycles. The summed E-state index contributed by atoms with van der Waals surface area (Å²) in [6.45, 7) is 2.56. The molecule has 1 aliphatic rings. The molecule has 0 radical (unpaired) electrons. The summed E-state index contributed by atoms with van der Waals surface area (Å²) in [6, 6.07) is 20.4. The van der Waals surface area contributed by atoms with Gasteiger partial charge in [-0.05, 0) is 60.0 Å². The molecule has 0 bridgehead atoms. The molecule has 6 nitrogen and oxygen atoms in total. The Bertz CT molecular complexity index is 1120. The SMILES string of the molecule is CCc1cc(C2=NC(c3ccc(C(=O)Nc4ccccc4N)cc3)CO2)ccc1OC. The Labute approximate surface area is 181 Å². The molecular formula is C25H25N3O3. The van der Waals surface area contributed by atoms with Crippen molar-refractivity contribution in [3.8, 4) is 5.75 Å². The molecule has 3 aromatic rings. The molecule has 1 amide bonds. The van der Waals surface area contributed by atoms with Gasteiger partial charge in [0.05, 0.1) is 18.5 Å². The monoisotopic (exact) mass is 415 g/mol. The van der Waals surface area contributed by atoms with Crippen molar-refractivity contribution in [2.75, 3.05) is 24.8 Å². The van der Waals surface area contributed by atoms with Crippen molar-refractivity contribution in [1.82, 2.24) is 0 Å². The first kappa shape index (κ1) is 20.5. The van der Waals surface area contributed by atoms with Crippen LogP contribution in [0.2, 0.25) is 0 Å². The van der Waals surface area contributed by atoms with Crippen LogP contribution in [-0.4, -0.2) is 25.5 Å². The number of nitrogen functional groups attached to an aromatic ring is 1. The first-order valence-corrected chi connectivity index (χ1v) is 10.2. The molecule has 0 saturated carbocycles. The van der Waals surface area contributed by atoms with Crippen LogP contribution in [0, 0.1) is 0 Å². The maximum atomic E-state index is 12.5. The number of para-hydroxylation sites is 2. The zero-order valence-corrected chi connectivity index (χ0v) is 17.6. The van der Waals surface area contributed by atoms with Gasteiger partial charge in [-0.2, -0.15) is 0 Å². The molecule has 1 atom stereocenters. The predicted octanol–water partition coefficient (Wildman–Crippen LogP) is 4.61. The summed E-state index contributed by atoms with van der Waals surface area (Å²) in [5, 5.41) is 2.84. The molecule has 158 valence electrons. The van der Waals surface area contributed by atoms with Crippen LogP contribution in [0.3, 0.4) is 0 Å². The summed E-state index contributed by atoms with van der Waals surface area (Å²) < 4.78 is 11.3. The second-order valence-electron chi connectivity index (χ2n) is 7.30. The number of nitrogens with one attached hydrogen (secondary N) is 1. The Kier molecular flexibility index (Phi) is 5.89. The first-order valence-electron chi connectivity index (χ1n) is 10.2. The van der Waals surface area contributed by atoms with Crippen molar-refractivity contribution >= 4 is 23.2 Å². The summed E-state index contributed by atoms with van der Waals surface area (Å²) in [5.41, 5.74) is 10.6. The van der Waals surface area contributed by atoms with E-state index in [9.17, 15) is 4.79 Å². The molecule has 1 heterocycles. The topological polar surface area (TPSA) is 85.9 Å². The van der Waals surface area contributed by atoms with Gasteiger partial charge in [0.15, 0.2) is 0 Å². The average Bonchev–Trinajstić information content (AvgIpc) is 3.30. The number of rotatable bonds is 6. The van der Waals surface area contributed by atoms with Gasteiger partial charge in [0.2, 0.25) is 5.90 Å². The van der Waals surface area contributed by atoms with Crippen molar-refractivity contribution in [2.24, 2.45) is 4.99 Å². The summed E-state index contributed by atoms with van der Waals surface area (Å²) in [7, 11) is 1.67. The molecule has 0 aliphatic carbocycles. The number of carbonyl (C=O) groups is 1. The number of ether oxygens (including phenoxy) is 2. The fourth-order valence-electron chi connectivity index (χ4n) is 3.55. The molecule has 0 saturated heterocycles. The first-order chi connectivity index (χ1) is 15.1. The van der Waals surface area contributed by atoms with E-state index in [1.165, 1.54) is 0 Å². The van der Waals surface area contributed by atoms with Gasteiger partial charge in [0.1, 0.15) is 18.4 Å². The highest BCUT2D eigenvalue weighted by Crippen LogP contribution is 2.28. The standard InChI is InChI=1S/C25H25N3O3/c1-3-16-14-19(12-13-23(16)30-2)25-28-22(15-31-25)17-8-10-18(11-9-17)24(29)27-21-7-5-4-6-20(21)26/h4-14,22H,3,15,26H2,1-2H3,(H,27,29). The Morgan fingerprint density at radius 3 is 2.65 bits per heavy atom. The lowest BCUT2D eigenvalue weighted by atomic mass is 10.1. The smallest absolute Gasteiger partial charge is 0.255 e. The number of nitrogens with zero attached hydrogens (tertiary/aromatic N) is 1. The molecule has 1 unspecified atom stereocenters. The van der Waals surface area contributed by atoms with Gasteiger partial charge in [-0.3, -0.25) is 4.79 Å². The highest BCUT2D eigenvalue weighted by atomic mass is 16.5. The summed E-state index contributed by atoms with van der Waals surface area (Å²) in [4.78, 5) is 17.3. The van der Waals surface area contributed by atoms with Crippen molar-refractivity contribution in [3.63, 3.8) is 0 Å². The van der Waals surface area contributed by atoms with E-state index in [1.807, 2.05) is 36.4 Å². The quantitative estimate of drug-likeness (QED) is 0.576. The van der Waals surface area contributed by atoms with Gasteiger partial charge in [-0.25, -0.2) is 4.99 Å². The zero-order chi connectivity index (χ0) is 21.8. The highest BCUT2D eigenvalue weighted by molar-refractivity contribution is 6.05. The van der Waals surface area contributed by atoms with Gasteiger partial charge < -0.3 is 20.5 Å². The van der Waals surface area contributed by atoms with Crippen LogP contribution in [0.5, 0.6) is 5.75 Å². The van der Waals surface area contributed by atoms with Gasteiger partial charge in [-0.15, -0.1) is 0 Å². The highest BCUT2D eigenvalue weighted by Gasteiger charge is 2.22. The molecule has 0 fully saturated rings. The second-order valence-corrected chi connectivity index (χ2v) is 7.30. The third kappa shape index (κ3) is 4.38. The Hall–Kier alpha value is -3.80. The number of carbonyl (C=O) groups excluding carboxylic acids is 1. The Morgan fingerprint density at radius 2 is 1.94 bits per heavy atom. The molecule has 1 aliphatic heterocycles. The van der Waals surface area contributed by atoms with Crippen molar-refractivity contribution in [1.29, 1.82) is 0 Å². The minimum atomic E-state index is -0.207. The van der Waals surface area contributed by atoms with E-state index in [0.29, 0.717) is 29.4 Å². The van der Waals surface area contributed by atoms with Gasteiger partial charge >= 0.3 is 0 Å². The normalized spacial score (nSPS) is 15.2. The number of amides is 1. The lowest BCUT2D eigenvalue weighted by molar-refractivity contribution is 0.102. The van der Waals surface area contributed by atoms with Crippen LogP contribution < -0.4 is 15.8 Å². The van der Waals surface area contributed by atoms with E-state index < -0.39 is 0 Å². The van der Waals surface area contributed by atoms with Gasteiger partial charge in [0.25, 0.3) is 5.91 Å². The second kappa shape index (κ2) is 8.92. The molecule has 6 heteroatoms. The van der Waals surface area contributed by atoms with Crippen LogP contribution in [0.4, 0.5) is 11.4 Å². The van der Waals surface area contributed by atoms with E-state index in [4.69, 9.17) is 20.2 Å². The number of hydrogen-bond donors (Lipinski definition) is 2. The van der Waals surface area contributed by atoms with Crippen LogP contribution in [-0.2, 0) is 11.2 Å². The van der Waals surface area contributed by atoms with E-state index in [2.05, 4.69) is 18.3 Å². The van der Waals surface area contributed by atoms with Crippen molar-refractivity contribution in [2.45, 2.75) is 19.4 Å². The minimum Gasteiger partial charge on any atom is -0.496 e. The number of aliphatic imine (C=N–C) groups is 1.